The van der Waals surface area contributed by atoms with Crippen molar-refractivity contribution >= 4 is 5.69 Å². The van der Waals surface area contributed by atoms with Crippen LogP contribution in [0.3, 0.4) is 0 Å². The molecule has 2 aromatic rings. The zero-order chi connectivity index (χ0) is 14.9. The second-order valence-electron chi connectivity index (χ2n) is 5.48. The summed E-state index contributed by atoms with van der Waals surface area (Å²) in [6, 6.07) is 5.49. The largest absolute Gasteiger partial charge is 0.496 e. The normalized spacial score (nSPS) is 17.6. The van der Waals surface area contributed by atoms with Crippen LogP contribution >= 0.6 is 0 Å². The van der Waals surface area contributed by atoms with Crippen molar-refractivity contribution in [1.29, 1.82) is 0 Å². The van der Waals surface area contributed by atoms with Gasteiger partial charge in [0.05, 0.1) is 18.2 Å². The van der Waals surface area contributed by atoms with E-state index in [1.165, 1.54) is 0 Å². The molecular formula is C14H19N5O2. The van der Waals surface area contributed by atoms with Gasteiger partial charge in [-0.2, -0.15) is 0 Å². The Hall–Kier alpha value is -2.15. The van der Waals surface area contributed by atoms with Gasteiger partial charge in [-0.05, 0) is 42.3 Å². The monoisotopic (exact) mass is 289 g/mol. The number of aromatic nitrogens is 4. The topological polar surface area (TPSA) is 88.1 Å². The third kappa shape index (κ3) is 2.44. The molecule has 2 N–H and O–H groups in total. The van der Waals surface area contributed by atoms with Crippen LogP contribution in [0.5, 0.6) is 5.75 Å². The minimum Gasteiger partial charge on any atom is -0.496 e. The maximum Gasteiger partial charge on any atom is 0.186 e. The van der Waals surface area contributed by atoms with Crippen molar-refractivity contribution in [3.63, 3.8) is 0 Å². The molecule has 0 spiro atoms. The number of nitrogens with two attached hydrogens (primary N) is 1. The predicted molar refractivity (Wildman–Crippen MR) is 77.9 cm³/mol. The Kier molecular flexibility index (Phi) is 3.50. The lowest BCUT2D eigenvalue weighted by Crippen LogP contribution is -2.38. The Morgan fingerprint density at radius 2 is 2.10 bits per heavy atom. The van der Waals surface area contributed by atoms with Crippen LogP contribution < -0.4 is 10.5 Å². The maximum atomic E-state index is 5.81. The Morgan fingerprint density at radius 1 is 1.33 bits per heavy atom. The van der Waals surface area contributed by atoms with E-state index in [1.54, 1.807) is 13.2 Å². The Balaban J connectivity index is 2.07. The molecule has 1 aromatic carbocycles. The summed E-state index contributed by atoms with van der Waals surface area (Å²) in [7, 11) is 1.61. The summed E-state index contributed by atoms with van der Waals surface area (Å²) in [5.74, 6) is 1.36. The molecule has 0 unspecified atom stereocenters. The lowest BCUT2D eigenvalue weighted by atomic mass is 9.92. The van der Waals surface area contributed by atoms with Crippen LogP contribution in [0.4, 0.5) is 5.69 Å². The molecule has 21 heavy (non-hydrogen) atoms. The van der Waals surface area contributed by atoms with Gasteiger partial charge in [0.25, 0.3) is 0 Å². The average Bonchev–Trinajstić information content (AvgIpc) is 2.98. The molecule has 112 valence electrons. The molecule has 1 aliphatic rings. The van der Waals surface area contributed by atoms with Crippen LogP contribution in [0.25, 0.3) is 11.4 Å². The maximum absolute atomic E-state index is 5.81. The number of nitrogen functional groups attached to an aromatic ring is 1. The van der Waals surface area contributed by atoms with Crippen molar-refractivity contribution in [2.45, 2.75) is 25.3 Å². The van der Waals surface area contributed by atoms with Crippen molar-refractivity contribution in [2.24, 2.45) is 0 Å². The van der Waals surface area contributed by atoms with Crippen molar-refractivity contribution < 1.29 is 9.47 Å². The molecule has 1 saturated heterocycles. The third-order valence-corrected chi connectivity index (χ3v) is 4.02. The van der Waals surface area contributed by atoms with Gasteiger partial charge in [-0.15, -0.1) is 5.10 Å². The summed E-state index contributed by atoms with van der Waals surface area (Å²) in [6.07, 6.45) is 1.75. The fourth-order valence-electron chi connectivity index (χ4n) is 2.63. The molecule has 0 saturated carbocycles. The Morgan fingerprint density at radius 3 is 2.81 bits per heavy atom. The Bertz CT molecular complexity index is 634. The van der Waals surface area contributed by atoms with Crippen LogP contribution in [0, 0.1) is 0 Å². The molecule has 7 heteroatoms. The first-order chi connectivity index (χ1) is 10.1. The van der Waals surface area contributed by atoms with Crippen molar-refractivity contribution in [1.82, 2.24) is 20.2 Å². The van der Waals surface area contributed by atoms with Crippen molar-refractivity contribution in [2.75, 3.05) is 26.1 Å². The molecule has 0 bridgehead atoms. The van der Waals surface area contributed by atoms with Gasteiger partial charge in [-0.1, -0.05) is 0 Å². The number of hydrogen-bond donors (Lipinski definition) is 1. The molecule has 1 aliphatic heterocycles. The van der Waals surface area contributed by atoms with E-state index in [4.69, 9.17) is 15.2 Å². The minimum absolute atomic E-state index is 0.149. The highest BCUT2D eigenvalue weighted by molar-refractivity contribution is 5.68. The highest BCUT2D eigenvalue weighted by Gasteiger charge is 2.33. The van der Waals surface area contributed by atoms with E-state index in [0.29, 0.717) is 30.5 Å². The standard InChI is InChI=1S/C14H19N5O2/c1-14(5-7-21-8-6-14)19-13(16-17-18-19)11-4-3-10(15)9-12(11)20-2/h3-4,9H,5-8,15H2,1-2H3. The first kappa shape index (κ1) is 13.8. The first-order valence-corrected chi connectivity index (χ1v) is 6.94. The van der Waals surface area contributed by atoms with E-state index in [0.717, 1.165) is 18.4 Å². The lowest BCUT2D eigenvalue weighted by Gasteiger charge is -2.33. The summed E-state index contributed by atoms with van der Waals surface area (Å²) in [4.78, 5) is 0. The number of ether oxygens (including phenoxy) is 2. The SMILES string of the molecule is COc1cc(N)ccc1-c1nnnn1C1(C)CCOCC1. The second-order valence-corrected chi connectivity index (χ2v) is 5.48. The molecule has 2 heterocycles. The number of nitrogens with zero attached hydrogens (tertiary/aromatic N) is 4. The van der Waals surface area contributed by atoms with Gasteiger partial charge in [0.15, 0.2) is 5.82 Å². The van der Waals surface area contributed by atoms with Gasteiger partial charge >= 0.3 is 0 Å². The molecule has 7 nitrogen and oxygen atoms in total. The van der Waals surface area contributed by atoms with Crippen LogP contribution in [0.1, 0.15) is 19.8 Å². The van der Waals surface area contributed by atoms with Crippen molar-refractivity contribution in [3.8, 4) is 17.1 Å². The molecule has 0 atom stereocenters. The van der Waals surface area contributed by atoms with E-state index in [9.17, 15) is 0 Å². The van der Waals surface area contributed by atoms with E-state index < -0.39 is 0 Å². The lowest BCUT2D eigenvalue weighted by molar-refractivity contribution is 0.0240. The average molecular weight is 289 g/mol. The number of methoxy groups -OCH3 is 1. The van der Waals surface area contributed by atoms with E-state index in [1.807, 2.05) is 16.8 Å². The highest BCUT2D eigenvalue weighted by atomic mass is 16.5. The number of hydrogen-bond acceptors (Lipinski definition) is 6. The van der Waals surface area contributed by atoms with Crippen LogP contribution in [0.15, 0.2) is 18.2 Å². The van der Waals surface area contributed by atoms with Gasteiger partial charge in [0.2, 0.25) is 0 Å². The van der Waals surface area contributed by atoms with Gasteiger partial charge < -0.3 is 15.2 Å². The molecule has 3 rings (SSSR count). The van der Waals surface area contributed by atoms with Crippen molar-refractivity contribution in [3.05, 3.63) is 18.2 Å². The molecule has 0 radical (unpaired) electrons. The van der Waals surface area contributed by atoms with Gasteiger partial charge in [-0.25, -0.2) is 4.68 Å². The minimum atomic E-state index is -0.149. The molecule has 0 aliphatic carbocycles. The van der Waals surface area contributed by atoms with Gasteiger partial charge in [-0.3, -0.25) is 0 Å². The van der Waals surface area contributed by atoms with Crippen LogP contribution in [-0.4, -0.2) is 40.5 Å². The summed E-state index contributed by atoms with van der Waals surface area (Å²) >= 11 is 0. The number of benzene rings is 1. The van der Waals surface area contributed by atoms with Gasteiger partial charge in [0.1, 0.15) is 5.75 Å². The van der Waals surface area contributed by atoms with E-state index in [2.05, 4.69) is 22.4 Å². The molecule has 1 aromatic heterocycles. The predicted octanol–water partition coefficient (Wildman–Crippen LogP) is 1.46. The summed E-state index contributed by atoms with van der Waals surface area (Å²) < 4.78 is 12.7. The van der Waals surface area contributed by atoms with Crippen LogP contribution in [-0.2, 0) is 10.3 Å². The third-order valence-electron chi connectivity index (χ3n) is 4.02. The fourth-order valence-corrected chi connectivity index (χ4v) is 2.63. The summed E-state index contributed by atoms with van der Waals surface area (Å²) in [5, 5.41) is 12.2. The Labute approximate surface area is 123 Å². The van der Waals surface area contributed by atoms with E-state index in [-0.39, 0.29) is 5.54 Å². The highest BCUT2D eigenvalue weighted by Crippen LogP contribution is 2.35. The number of tetrazole rings is 1. The van der Waals surface area contributed by atoms with Crippen LogP contribution in [0.2, 0.25) is 0 Å². The summed E-state index contributed by atoms with van der Waals surface area (Å²) in [5.41, 5.74) is 7.14. The number of rotatable bonds is 3. The quantitative estimate of drug-likeness (QED) is 0.861. The molecule has 0 amide bonds. The number of anilines is 1. The van der Waals surface area contributed by atoms with E-state index >= 15 is 0 Å². The molecular weight excluding hydrogens is 270 g/mol. The smallest absolute Gasteiger partial charge is 0.186 e. The zero-order valence-electron chi connectivity index (χ0n) is 12.2. The van der Waals surface area contributed by atoms with Gasteiger partial charge in [0, 0.05) is 25.0 Å². The first-order valence-electron chi connectivity index (χ1n) is 6.94. The fraction of sp³-hybridized carbons (Fsp3) is 0.500. The molecule has 1 fully saturated rings. The zero-order valence-corrected chi connectivity index (χ0v) is 12.2. The second kappa shape index (κ2) is 5.33. The summed E-state index contributed by atoms with van der Waals surface area (Å²) in [6.45, 7) is 3.59.